The summed E-state index contributed by atoms with van der Waals surface area (Å²) < 4.78 is 34.2. The second-order valence-corrected chi connectivity index (χ2v) is 9.51. The molecule has 33 heavy (non-hydrogen) atoms. The zero-order valence-corrected chi connectivity index (χ0v) is 21.9. The van der Waals surface area contributed by atoms with Crippen LogP contribution in [0.3, 0.4) is 0 Å². The van der Waals surface area contributed by atoms with Gasteiger partial charge in [-0.25, -0.2) is 0 Å². The summed E-state index contributed by atoms with van der Waals surface area (Å²) in [6.07, 6.45) is 6.10. The van der Waals surface area contributed by atoms with Crippen LogP contribution >= 0.6 is 0 Å². The molecule has 0 unspecified atom stereocenters. The summed E-state index contributed by atoms with van der Waals surface area (Å²) in [5.74, 6) is 1.39. The summed E-state index contributed by atoms with van der Waals surface area (Å²) in [5.41, 5.74) is 0.988. The molecule has 7 nitrogen and oxygen atoms in total. The van der Waals surface area contributed by atoms with Crippen LogP contribution in [-0.4, -0.2) is 83.6 Å². The van der Waals surface area contributed by atoms with Crippen molar-refractivity contribution in [3.05, 3.63) is 23.8 Å². The van der Waals surface area contributed by atoms with Crippen LogP contribution in [0.5, 0.6) is 0 Å². The fraction of sp³-hybridized carbons (Fsp3) is 0.846. The normalized spacial score (nSPS) is 36.5. The number of allylic oxidation sites excluding steroid dienone is 2. The van der Waals surface area contributed by atoms with Gasteiger partial charge in [-0.15, -0.1) is 0 Å². The molecule has 1 saturated heterocycles. The highest BCUT2D eigenvalue weighted by Gasteiger charge is 2.49. The molecular weight excluding hydrogens is 424 g/mol. The Morgan fingerprint density at radius 2 is 1.61 bits per heavy atom. The lowest BCUT2D eigenvalue weighted by atomic mass is 9.91. The predicted octanol–water partition coefficient (Wildman–Crippen LogP) is 3.60. The summed E-state index contributed by atoms with van der Waals surface area (Å²) >= 11 is 0. The lowest BCUT2D eigenvalue weighted by Gasteiger charge is -2.44. The van der Waals surface area contributed by atoms with Crippen molar-refractivity contribution in [2.24, 2.45) is 23.7 Å². The van der Waals surface area contributed by atoms with Gasteiger partial charge < -0.3 is 33.5 Å². The maximum atomic E-state index is 10.9. The van der Waals surface area contributed by atoms with Gasteiger partial charge in [0.05, 0.1) is 12.2 Å². The van der Waals surface area contributed by atoms with Crippen LogP contribution < -0.4 is 0 Å². The van der Waals surface area contributed by atoms with Gasteiger partial charge in [-0.1, -0.05) is 39.0 Å². The Labute approximate surface area is 200 Å². The highest BCUT2D eigenvalue weighted by atomic mass is 16.7. The van der Waals surface area contributed by atoms with Crippen molar-refractivity contribution in [1.82, 2.24) is 0 Å². The molecule has 11 atom stereocenters. The number of ether oxygens (including phenoxy) is 6. The second-order valence-electron chi connectivity index (χ2n) is 9.51. The number of aliphatic hydroxyl groups is 1. The molecule has 1 N–H and O–H groups in total. The van der Waals surface area contributed by atoms with Crippen molar-refractivity contribution >= 4 is 0 Å². The molecule has 2 aliphatic rings. The molecule has 0 bridgehead atoms. The molecular formula is C26H46O7. The van der Waals surface area contributed by atoms with E-state index in [1.54, 1.807) is 35.5 Å². The van der Waals surface area contributed by atoms with Gasteiger partial charge in [0.1, 0.15) is 24.4 Å². The summed E-state index contributed by atoms with van der Waals surface area (Å²) in [4.78, 5) is 0. The first-order chi connectivity index (χ1) is 15.8. The first-order valence-electron chi connectivity index (χ1n) is 12.1. The van der Waals surface area contributed by atoms with Crippen LogP contribution in [0.2, 0.25) is 0 Å². The minimum absolute atomic E-state index is 0.0562. The number of hydrogen-bond donors (Lipinski definition) is 1. The molecule has 1 heterocycles. The monoisotopic (exact) mass is 470 g/mol. The van der Waals surface area contributed by atoms with Crippen molar-refractivity contribution in [3.8, 4) is 0 Å². The number of rotatable bonds is 13. The Morgan fingerprint density at radius 1 is 0.970 bits per heavy atom. The van der Waals surface area contributed by atoms with Crippen LogP contribution in [0.4, 0.5) is 0 Å². The Balaban J connectivity index is 2.02. The fourth-order valence-corrected chi connectivity index (χ4v) is 5.38. The van der Waals surface area contributed by atoms with Gasteiger partial charge in [-0.05, 0) is 43.1 Å². The van der Waals surface area contributed by atoms with E-state index in [4.69, 9.17) is 28.4 Å². The first-order valence-corrected chi connectivity index (χ1v) is 12.1. The lowest BCUT2D eigenvalue weighted by Crippen LogP contribution is -2.60. The molecule has 2 fully saturated rings. The van der Waals surface area contributed by atoms with E-state index in [-0.39, 0.29) is 42.5 Å². The van der Waals surface area contributed by atoms with Gasteiger partial charge in [-0.3, -0.25) is 0 Å². The van der Waals surface area contributed by atoms with E-state index in [0.29, 0.717) is 17.8 Å². The minimum Gasteiger partial charge on any atom is -0.392 e. The van der Waals surface area contributed by atoms with Crippen LogP contribution in [0.1, 0.15) is 40.5 Å². The van der Waals surface area contributed by atoms with Crippen molar-refractivity contribution < 1.29 is 33.5 Å². The minimum atomic E-state index is -0.558. The third-order valence-electron chi connectivity index (χ3n) is 7.60. The summed E-state index contributed by atoms with van der Waals surface area (Å²) in [5, 5.41) is 10.9. The highest BCUT2D eigenvalue weighted by molar-refractivity contribution is 5.19. The average molecular weight is 471 g/mol. The molecule has 7 heteroatoms. The van der Waals surface area contributed by atoms with E-state index in [2.05, 4.69) is 26.8 Å². The van der Waals surface area contributed by atoms with Gasteiger partial charge in [-0.2, -0.15) is 0 Å². The number of methoxy groups -OCH3 is 5. The molecule has 0 amide bonds. The van der Waals surface area contributed by atoms with Crippen molar-refractivity contribution in [2.75, 3.05) is 35.5 Å². The lowest BCUT2D eigenvalue weighted by molar-refractivity contribution is -0.295. The molecule has 0 aromatic carbocycles. The SMILES string of the molecule is CC[C@H](OC)[C@@H](C)[C@H]1C[C@@H]1[C@H](O)[C@H](C)/C=C/C=C(\C)[C@@H]1O[C@H](OC)[C@H](OC)[C@@H](OC)[C@@H]1OC. The molecule has 0 aromatic rings. The molecule has 0 aromatic heterocycles. The average Bonchev–Trinajstić information content (AvgIpc) is 3.63. The smallest absolute Gasteiger partial charge is 0.186 e. The van der Waals surface area contributed by atoms with Gasteiger partial charge in [0.15, 0.2) is 6.29 Å². The number of hydrogen-bond acceptors (Lipinski definition) is 7. The molecule has 1 aliphatic carbocycles. The van der Waals surface area contributed by atoms with E-state index >= 15 is 0 Å². The quantitative estimate of drug-likeness (QED) is 0.412. The summed E-state index contributed by atoms with van der Waals surface area (Å²) in [6.45, 7) is 8.47. The maximum absolute atomic E-state index is 10.9. The summed E-state index contributed by atoms with van der Waals surface area (Å²) in [7, 11) is 8.27. The Kier molecular flexibility index (Phi) is 11.5. The first kappa shape index (κ1) is 28.4. The molecule has 1 aliphatic heterocycles. The Bertz CT molecular complexity index is 632. The van der Waals surface area contributed by atoms with E-state index in [9.17, 15) is 5.11 Å². The zero-order chi connectivity index (χ0) is 24.7. The topological polar surface area (TPSA) is 75.6 Å². The molecule has 192 valence electrons. The largest absolute Gasteiger partial charge is 0.392 e. The third-order valence-corrected chi connectivity index (χ3v) is 7.60. The van der Waals surface area contributed by atoms with E-state index in [1.807, 2.05) is 19.1 Å². The van der Waals surface area contributed by atoms with Crippen LogP contribution in [0, 0.1) is 23.7 Å². The zero-order valence-electron chi connectivity index (χ0n) is 21.9. The second kappa shape index (κ2) is 13.3. The molecule has 2 rings (SSSR count). The highest BCUT2D eigenvalue weighted by Crippen LogP contribution is 2.49. The maximum Gasteiger partial charge on any atom is 0.186 e. The molecule has 1 saturated carbocycles. The fourth-order valence-electron chi connectivity index (χ4n) is 5.38. The van der Waals surface area contributed by atoms with Crippen LogP contribution in [0.15, 0.2) is 23.8 Å². The number of aliphatic hydroxyl groups excluding tert-OH is 1. The van der Waals surface area contributed by atoms with Gasteiger partial charge in [0.2, 0.25) is 0 Å². The molecule has 0 spiro atoms. The van der Waals surface area contributed by atoms with Gasteiger partial charge in [0, 0.05) is 41.5 Å². The van der Waals surface area contributed by atoms with E-state index in [1.165, 1.54) is 0 Å². The van der Waals surface area contributed by atoms with Crippen molar-refractivity contribution in [2.45, 2.75) is 83.5 Å². The predicted molar refractivity (Wildman–Crippen MR) is 128 cm³/mol. The van der Waals surface area contributed by atoms with Crippen molar-refractivity contribution in [1.29, 1.82) is 0 Å². The van der Waals surface area contributed by atoms with E-state index < -0.39 is 6.29 Å². The van der Waals surface area contributed by atoms with Crippen molar-refractivity contribution in [3.63, 3.8) is 0 Å². The Hall–Kier alpha value is -0.800. The summed E-state index contributed by atoms with van der Waals surface area (Å²) in [6, 6.07) is 0. The third kappa shape index (κ3) is 6.66. The Morgan fingerprint density at radius 3 is 2.12 bits per heavy atom. The molecule has 0 radical (unpaired) electrons. The van der Waals surface area contributed by atoms with Crippen LogP contribution in [0.25, 0.3) is 0 Å². The van der Waals surface area contributed by atoms with Gasteiger partial charge in [0.25, 0.3) is 0 Å². The van der Waals surface area contributed by atoms with Crippen LogP contribution in [-0.2, 0) is 28.4 Å². The van der Waals surface area contributed by atoms with Gasteiger partial charge >= 0.3 is 0 Å². The standard InChI is InChI=1S/C26H46O7/c1-10-20(28-5)17(4)18-14-19(18)21(27)15(2)12-11-13-16(3)22-23(29-6)24(30-7)25(31-8)26(32-9)33-22/h11-13,15,17-27H,10,14H2,1-9H3/b12-11+,16-13+/t15-,17+,18-,19+,20+,21-,22+,23-,24+,25-,26+/m1/s1. The van der Waals surface area contributed by atoms with E-state index in [0.717, 1.165) is 18.4 Å².